The predicted molar refractivity (Wildman–Crippen MR) is 78.0 cm³/mol. The molecule has 1 aromatic rings. The predicted octanol–water partition coefficient (Wildman–Crippen LogP) is 0.0136. The van der Waals surface area contributed by atoms with Crippen LogP contribution >= 0.6 is 0 Å². The Labute approximate surface area is 118 Å². The number of nitrogens with zero attached hydrogens (tertiary/aromatic N) is 5. The lowest BCUT2D eigenvalue weighted by Gasteiger charge is -2.16. The van der Waals surface area contributed by atoms with Gasteiger partial charge in [-0.1, -0.05) is 0 Å². The zero-order valence-electron chi connectivity index (χ0n) is 12.2. The van der Waals surface area contributed by atoms with Crippen molar-refractivity contribution in [2.45, 2.75) is 12.8 Å². The van der Waals surface area contributed by atoms with E-state index in [-0.39, 0.29) is 12.5 Å². The van der Waals surface area contributed by atoms with E-state index >= 15 is 0 Å². The molecule has 0 unspecified atom stereocenters. The number of carbonyl (C=O) groups is 1. The van der Waals surface area contributed by atoms with Gasteiger partial charge in [0.05, 0.1) is 6.54 Å². The molecule has 1 aromatic heterocycles. The Morgan fingerprint density at radius 3 is 2.45 bits per heavy atom. The summed E-state index contributed by atoms with van der Waals surface area (Å²) in [6, 6.07) is 0. The van der Waals surface area contributed by atoms with Crippen molar-refractivity contribution in [2.24, 2.45) is 0 Å². The molecule has 110 valence electrons. The van der Waals surface area contributed by atoms with Crippen LogP contribution in [0.15, 0.2) is 0 Å². The van der Waals surface area contributed by atoms with Gasteiger partial charge in [0.1, 0.15) is 0 Å². The monoisotopic (exact) mass is 279 g/mol. The fourth-order valence-electron chi connectivity index (χ4n) is 1.99. The van der Waals surface area contributed by atoms with E-state index in [1.807, 2.05) is 19.0 Å². The molecule has 1 saturated heterocycles. The van der Waals surface area contributed by atoms with E-state index in [4.69, 9.17) is 0 Å². The van der Waals surface area contributed by atoms with Crippen LogP contribution in [-0.4, -0.2) is 66.5 Å². The average Bonchev–Trinajstić information content (AvgIpc) is 2.98. The van der Waals surface area contributed by atoms with Crippen LogP contribution in [0, 0.1) is 0 Å². The Kier molecular flexibility index (Phi) is 4.54. The summed E-state index contributed by atoms with van der Waals surface area (Å²) in [6.45, 7) is 1.91. The highest BCUT2D eigenvalue weighted by Crippen LogP contribution is 2.11. The minimum absolute atomic E-state index is 0.0836. The standard InChI is InChI=1S/C12H21N7O/c1-13-10-15-11(17-12(16-10)18(2)3)14-8-9(20)19-6-4-5-7-19/h4-8H2,1-3H3,(H2,13,14,15,16,17). The molecule has 0 aromatic carbocycles. The molecule has 2 rings (SSSR count). The first-order valence-electron chi connectivity index (χ1n) is 6.73. The Morgan fingerprint density at radius 2 is 1.85 bits per heavy atom. The van der Waals surface area contributed by atoms with Crippen molar-refractivity contribution in [2.75, 3.05) is 56.3 Å². The fraction of sp³-hybridized carbons (Fsp3) is 0.667. The van der Waals surface area contributed by atoms with Crippen LogP contribution in [-0.2, 0) is 4.79 Å². The molecule has 0 bridgehead atoms. The quantitative estimate of drug-likeness (QED) is 0.785. The van der Waals surface area contributed by atoms with Crippen LogP contribution in [0.3, 0.4) is 0 Å². The molecule has 0 spiro atoms. The summed E-state index contributed by atoms with van der Waals surface area (Å²) < 4.78 is 0. The van der Waals surface area contributed by atoms with Crippen molar-refractivity contribution >= 4 is 23.8 Å². The lowest BCUT2D eigenvalue weighted by Crippen LogP contribution is -2.33. The zero-order valence-corrected chi connectivity index (χ0v) is 12.2. The Morgan fingerprint density at radius 1 is 1.20 bits per heavy atom. The van der Waals surface area contributed by atoms with Crippen LogP contribution in [0.5, 0.6) is 0 Å². The first kappa shape index (κ1) is 14.3. The van der Waals surface area contributed by atoms with Gasteiger partial charge in [-0.2, -0.15) is 15.0 Å². The molecule has 2 heterocycles. The molecular formula is C12H21N7O. The molecule has 8 nitrogen and oxygen atoms in total. The van der Waals surface area contributed by atoms with Gasteiger partial charge in [0.25, 0.3) is 0 Å². The minimum Gasteiger partial charge on any atom is -0.357 e. The largest absolute Gasteiger partial charge is 0.357 e. The van der Waals surface area contributed by atoms with E-state index < -0.39 is 0 Å². The van der Waals surface area contributed by atoms with Gasteiger partial charge in [0, 0.05) is 34.2 Å². The van der Waals surface area contributed by atoms with Gasteiger partial charge in [-0.25, -0.2) is 0 Å². The van der Waals surface area contributed by atoms with E-state index in [0.717, 1.165) is 25.9 Å². The lowest BCUT2D eigenvalue weighted by molar-refractivity contribution is -0.128. The summed E-state index contributed by atoms with van der Waals surface area (Å²) in [5.74, 6) is 1.50. The number of amides is 1. The average molecular weight is 279 g/mol. The third-order valence-electron chi connectivity index (χ3n) is 3.10. The SMILES string of the molecule is CNc1nc(NCC(=O)N2CCCC2)nc(N(C)C)n1. The highest BCUT2D eigenvalue weighted by Gasteiger charge is 2.18. The number of anilines is 3. The lowest BCUT2D eigenvalue weighted by atomic mass is 10.4. The summed E-state index contributed by atoms with van der Waals surface area (Å²) in [4.78, 5) is 28.3. The molecule has 1 aliphatic heterocycles. The number of rotatable bonds is 5. The van der Waals surface area contributed by atoms with E-state index in [1.54, 1.807) is 11.9 Å². The number of hydrogen-bond acceptors (Lipinski definition) is 7. The number of aromatic nitrogens is 3. The normalized spacial score (nSPS) is 14.2. The van der Waals surface area contributed by atoms with Crippen LogP contribution in [0.25, 0.3) is 0 Å². The smallest absolute Gasteiger partial charge is 0.241 e. The molecule has 1 amide bonds. The molecule has 2 N–H and O–H groups in total. The number of nitrogens with one attached hydrogen (secondary N) is 2. The minimum atomic E-state index is 0.0836. The van der Waals surface area contributed by atoms with Crippen LogP contribution in [0.1, 0.15) is 12.8 Å². The number of carbonyl (C=O) groups excluding carboxylic acids is 1. The topological polar surface area (TPSA) is 86.3 Å². The summed E-state index contributed by atoms with van der Waals surface area (Å²) in [6.07, 6.45) is 2.18. The van der Waals surface area contributed by atoms with Gasteiger partial charge >= 0.3 is 0 Å². The van der Waals surface area contributed by atoms with E-state index in [9.17, 15) is 4.79 Å². The second-order valence-electron chi connectivity index (χ2n) is 4.87. The Hall–Kier alpha value is -2.12. The highest BCUT2D eigenvalue weighted by atomic mass is 16.2. The van der Waals surface area contributed by atoms with E-state index in [1.165, 1.54) is 0 Å². The molecular weight excluding hydrogens is 258 g/mol. The summed E-state index contributed by atoms with van der Waals surface area (Å²) in [5.41, 5.74) is 0. The summed E-state index contributed by atoms with van der Waals surface area (Å²) in [5, 5.41) is 5.85. The van der Waals surface area contributed by atoms with Crippen molar-refractivity contribution in [1.82, 2.24) is 19.9 Å². The van der Waals surface area contributed by atoms with E-state index in [0.29, 0.717) is 17.8 Å². The van der Waals surface area contributed by atoms with E-state index in [2.05, 4.69) is 25.6 Å². The first-order chi connectivity index (χ1) is 9.60. The highest BCUT2D eigenvalue weighted by molar-refractivity contribution is 5.80. The summed E-state index contributed by atoms with van der Waals surface area (Å²) in [7, 11) is 5.45. The molecule has 0 aliphatic carbocycles. The van der Waals surface area contributed by atoms with Crippen LogP contribution in [0.2, 0.25) is 0 Å². The molecule has 1 fully saturated rings. The first-order valence-corrected chi connectivity index (χ1v) is 6.73. The fourth-order valence-corrected chi connectivity index (χ4v) is 1.99. The van der Waals surface area contributed by atoms with Gasteiger partial charge in [-0.3, -0.25) is 4.79 Å². The summed E-state index contributed by atoms with van der Waals surface area (Å²) >= 11 is 0. The van der Waals surface area contributed by atoms with Crippen molar-refractivity contribution in [3.8, 4) is 0 Å². The van der Waals surface area contributed by atoms with Crippen molar-refractivity contribution in [3.63, 3.8) is 0 Å². The second-order valence-corrected chi connectivity index (χ2v) is 4.87. The number of hydrogen-bond donors (Lipinski definition) is 2. The van der Waals surface area contributed by atoms with Crippen molar-refractivity contribution in [1.29, 1.82) is 0 Å². The van der Waals surface area contributed by atoms with Gasteiger partial charge in [-0.05, 0) is 12.8 Å². The maximum Gasteiger partial charge on any atom is 0.241 e. The van der Waals surface area contributed by atoms with Crippen molar-refractivity contribution < 1.29 is 4.79 Å². The second kappa shape index (κ2) is 6.36. The molecule has 0 saturated carbocycles. The maximum atomic E-state index is 12.0. The number of likely N-dealkylation sites (tertiary alicyclic amines) is 1. The molecule has 8 heteroatoms. The van der Waals surface area contributed by atoms with Crippen LogP contribution < -0.4 is 15.5 Å². The third-order valence-corrected chi connectivity index (χ3v) is 3.10. The molecule has 0 atom stereocenters. The molecule has 20 heavy (non-hydrogen) atoms. The van der Waals surface area contributed by atoms with Gasteiger partial charge in [0.2, 0.25) is 23.8 Å². The van der Waals surface area contributed by atoms with Gasteiger partial charge in [-0.15, -0.1) is 0 Å². The maximum absolute atomic E-state index is 12.0. The van der Waals surface area contributed by atoms with Gasteiger partial charge in [0.15, 0.2) is 0 Å². The Bertz CT molecular complexity index is 471. The van der Waals surface area contributed by atoms with Crippen LogP contribution in [0.4, 0.5) is 17.8 Å². The molecule has 1 aliphatic rings. The third kappa shape index (κ3) is 3.46. The Balaban J connectivity index is 2.00. The molecule has 0 radical (unpaired) electrons. The van der Waals surface area contributed by atoms with Gasteiger partial charge < -0.3 is 20.4 Å². The zero-order chi connectivity index (χ0) is 14.5. The van der Waals surface area contributed by atoms with Crippen molar-refractivity contribution in [3.05, 3.63) is 0 Å².